The lowest BCUT2D eigenvalue weighted by Gasteiger charge is -2.08. The highest BCUT2D eigenvalue weighted by Crippen LogP contribution is 2.24. The van der Waals surface area contributed by atoms with Crippen molar-refractivity contribution < 1.29 is 5.11 Å². The molecule has 2 rings (SSSR count). The van der Waals surface area contributed by atoms with Gasteiger partial charge in [0.2, 0.25) is 0 Å². The molecule has 0 atom stereocenters. The first-order valence-electron chi connectivity index (χ1n) is 6.63. The van der Waals surface area contributed by atoms with Gasteiger partial charge in [0.15, 0.2) is 0 Å². The van der Waals surface area contributed by atoms with E-state index in [9.17, 15) is 5.11 Å². The Morgan fingerprint density at radius 2 is 2.06 bits per heavy atom. The van der Waals surface area contributed by atoms with Crippen LogP contribution in [0.4, 0.5) is 5.82 Å². The number of rotatable bonds is 6. The molecule has 0 saturated heterocycles. The van der Waals surface area contributed by atoms with E-state index in [0.717, 1.165) is 29.6 Å². The van der Waals surface area contributed by atoms with Crippen LogP contribution in [0.2, 0.25) is 0 Å². The van der Waals surface area contributed by atoms with E-state index in [-0.39, 0.29) is 5.75 Å². The van der Waals surface area contributed by atoms with Gasteiger partial charge in [-0.05, 0) is 30.0 Å². The van der Waals surface area contributed by atoms with Crippen molar-refractivity contribution in [2.24, 2.45) is 0 Å². The highest BCUT2D eigenvalue weighted by molar-refractivity contribution is 5.92. The number of hydrogen-bond acceptors (Lipinski definition) is 3. The maximum absolute atomic E-state index is 9.54. The molecule has 2 N–H and O–H groups in total. The number of phenolic OH excluding ortho intramolecular Hbond substituents is 1. The van der Waals surface area contributed by atoms with Gasteiger partial charge in [-0.15, -0.1) is 0 Å². The highest BCUT2D eigenvalue weighted by Gasteiger charge is 2.02. The van der Waals surface area contributed by atoms with Crippen molar-refractivity contribution in [1.82, 2.24) is 4.98 Å². The Balaban J connectivity index is 2.05. The summed E-state index contributed by atoms with van der Waals surface area (Å²) in [5.74, 6) is 1.14. The number of pyridine rings is 1. The molecule has 1 aromatic heterocycles. The molecular weight excluding hydrogens is 224 g/mol. The molecule has 0 radical (unpaired) electrons. The number of fused-ring (bicyclic) bond motifs is 1. The van der Waals surface area contributed by atoms with Crippen molar-refractivity contribution >= 4 is 16.6 Å². The summed E-state index contributed by atoms with van der Waals surface area (Å²) < 4.78 is 0. The molecule has 0 aliphatic rings. The molecule has 0 unspecified atom stereocenters. The third kappa shape index (κ3) is 3.13. The van der Waals surface area contributed by atoms with Crippen LogP contribution < -0.4 is 5.32 Å². The minimum absolute atomic E-state index is 0.282. The average molecular weight is 244 g/mol. The summed E-state index contributed by atoms with van der Waals surface area (Å²) in [6.45, 7) is 3.14. The van der Waals surface area contributed by atoms with E-state index in [1.165, 1.54) is 19.3 Å². The van der Waals surface area contributed by atoms with Crippen molar-refractivity contribution in [2.75, 3.05) is 11.9 Å². The summed E-state index contributed by atoms with van der Waals surface area (Å²) in [7, 11) is 0. The van der Waals surface area contributed by atoms with E-state index in [0.29, 0.717) is 0 Å². The number of phenols is 1. The summed E-state index contributed by atoms with van der Waals surface area (Å²) in [5.41, 5.74) is 0. The lowest BCUT2D eigenvalue weighted by atomic mass is 10.1. The van der Waals surface area contributed by atoms with Crippen LogP contribution in [0.3, 0.4) is 0 Å². The van der Waals surface area contributed by atoms with E-state index in [1.807, 2.05) is 12.1 Å². The van der Waals surface area contributed by atoms with Crippen LogP contribution in [0.5, 0.6) is 5.75 Å². The summed E-state index contributed by atoms with van der Waals surface area (Å²) in [5, 5.41) is 15.0. The summed E-state index contributed by atoms with van der Waals surface area (Å²) in [4.78, 5) is 4.34. The van der Waals surface area contributed by atoms with Crippen molar-refractivity contribution in [1.29, 1.82) is 0 Å². The quantitative estimate of drug-likeness (QED) is 0.757. The van der Waals surface area contributed by atoms with Gasteiger partial charge < -0.3 is 10.4 Å². The normalized spacial score (nSPS) is 10.7. The van der Waals surface area contributed by atoms with Gasteiger partial charge in [-0.25, -0.2) is 4.98 Å². The maximum atomic E-state index is 9.54. The first-order chi connectivity index (χ1) is 8.81. The molecule has 96 valence electrons. The standard InChI is InChI=1S/C15H20N2O/c1-2-3-4-5-9-16-15-14-11-13(18)7-6-12(14)8-10-17-15/h6-8,10-11,18H,2-5,9H2,1H3,(H,16,17). The number of unbranched alkanes of at least 4 members (excludes halogenated alkanes) is 3. The van der Waals surface area contributed by atoms with Crippen molar-refractivity contribution in [3.63, 3.8) is 0 Å². The van der Waals surface area contributed by atoms with Crippen LogP contribution >= 0.6 is 0 Å². The summed E-state index contributed by atoms with van der Waals surface area (Å²) in [6, 6.07) is 7.33. The third-order valence-corrected chi connectivity index (χ3v) is 3.07. The fourth-order valence-electron chi connectivity index (χ4n) is 2.06. The van der Waals surface area contributed by atoms with E-state index in [2.05, 4.69) is 17.2 Å². The maximum Gasteiger partial charge on any atom is 0.133 e. The van der Waals surface area contributed by atoms with Crippen molar-refractivity contribution in [3.05, 3.63) is 30.5 Å². The Morgan fingerprint density at radius 3 is 2.89 bits per heavy atom. The lowest BCUT2D eigenvalue weighted by Crippen LogP contribution is -2.03. The predicted octanol–water partition coefficient (Wildman–Crippen LogP) is 3.93. The zero-order chi connectivity index (χ0) is 12.8. The minimum atomic E-state index is 0.282. The Labute approximate surface area is 108 Å². The number of nitrogens with zero attached hydrogens (tertiary/aromatic N) is 1. The van der Waals surface area contributed by atoms with Crippen LogP contribution in [0.15, 0.2) is 30.5 Å². The molecule has 0 bridgehead atoms. The van der Waals surface area contributed by atoms with Crippen LogP contribution in [0.25, 0.3) is 10.8 Å². The van der Waals surface area contributed by atoms with Crippen LogP contribution in [-0.2, 0) is 0 Å². The van der Waals surface area contributed by atoms with Gasteiger partial charge in [-0.2, -0.15) is 0 Å². The molecule has 18 heavy (non-hydrogen) atoms. The van der Waals surface area contributed by atoms with Crippen molar-refractivity contribution in [3.8, 4) is 5.75 Å². The zero-order valence-corrected chi connectivity index (χ0v) is 10.8. The molecule has 0 aliphatic heterocycles. The van der Waals surface area contributed by atoms with Crippen LogP contribution in [-0.4, -0.2) is 16.6 Å². The van der Waals surface area contributed by atoms with Gasteiger partial charge in [-0.3, -0.25) is 0 Å². The molecule has 0 fully saturated rings. The van der Waals surface area contributed by atoms with Crippen molar-refractivity contribution in [2.45, 2.75) is 32.6 Å². The predicted molar refractivity (Wildman–Crippen MR) is 76.0 cm³/mol. The average Bonchev–Trinajstić information content (AvgIpc) is 2.39. The zero-order valence-electron chi connectivity index (χ0n) is 10.8. The molecule has 0 spiro atoms. The summed E-state index contributed by atoms with van der Waals surface area (Å²) >= 11 is 0. The second-order valence-electron chi connectivity index (χ2n) is 4.55. The SMILES string of the molecule is CCCCCCNc1nccc2ccc(O)cc12. The molecule has 0 aliphatic carbocycles. The fourth-order valence-corrected chi connectivity index (χ4v) is 2.06. The fraction of sp³-hybridized carbons (Fsp3) is 0.400. The second kappa shape index (κ2) is 6.24. The molecule has 3 heteroatoms. The summed E-state index contributed by atoms with van der Waals surface area (Å²) in [6.07, 6.45) is 6.74. The number of aromatic nitrogens is 1. The number of benzene rings is 1. The van der Waals surface area contributed by atoms with Gasteiger partial charge in [0.25, 0.3) is 0 Å². The highest BCUT2D eigenvalue weighted by atomic mass is 16.3. The van der Waals surface area contributed by atoms with Crippen LogP contribution in [0, 0.1) is 0 Å². The molecular formula is C15H20N2O. The molecule has 2 aromatic rings. The monoisotopic (exact) mass is 244 g/mol. The molecule has 0 amide bonds. The van der Waals surface area contributed by atoms with Gasteiger partial charge in [0.1, 0.15) is 11.6 Å². The van der Waals surface area contributed by atoms with Gasteiger partial charge >= 0.3 is 0 Å². The third-order valence-electron chi connectivity index (χ3n) is 3.07. The van der Waals surface area contributed by atoms with E-state index in [1.54, 1.807) is 18.3 Å². The topological polar surface area (TPSA) is 45.2 Å². The van der Waals surface area contributed by atoms with Gasteiger partial charge in [-0.1, -0.05) is 32.3 Å². The Kier molecular flexibility index (Phi) is 4.40. The second-order valence-corrected chi connectivity index (χ2v) is 4.55. The largest absolute Gasteiger partial charge is 0.508 e. The number of anilines is 1. The Hall–Kier alpha value is -1.77. The first kappa shape index (κ1) is 12.7. The minimum Gasteiger partial charge on any atom is -0.508 e. The van der Waals surface area contributed by atoms with E-state index >= 15 is 0 Å². The molecule has 3 nitrogen and oxygen atoms in total. The number of aromatic hydroxyl groups is 1. The van der Waals surface area contributed by atoms with Gasteiger partial charge in [0.05, 0.1) is 0 Å². The lowest BCUT2D eigenvalue weighted by molar-refractivity contribution is 0.476. The molecule has 1 aromatic carbocycles. The number of hydrogen-bond donors (Lipinski definition) is 2. The smallest absolute Gasteiger partial charge is 0.133 e. The molecule has 1 heterocycles. The van der Waals surface area contributed by atoms with Gasteiger partial charge in [0, 0.05) is 18.1 Å². The first-order valence-corrected chi connectivity index (χ1v) is 6.63. The Morgan fingerprint density at radius 1 is 1.17 bits per heavy atom. The Bertz CT molecular complexity index is 511. The number of nitrogens with one attached hydrogen (secondary N) is 1. The molecule has 0 saturated carbocycles. The van der Waals surface area contributed by atoms with Crippen LogP contribution in [0.1, 0.15) is 32.6 Å². The van der Waals surface area contributed by atoms with E-state index < -0.39 is 0 Å². The van der Waals surface area contributed by atoms with E-state index in [4.69, 9.17) is 0 Å².